The summed E-state index contributed by atoms with van der Waals surface area (Å²) in [4.78, 5) is 4.40. The molecule has 3 heteroatoms. The van der Waals surface area contributed by atoms with E-state index < -0.39 is 0 Å². The Morgan fingerprint density at radius 2 is 2.00 bits per heavy atom. The molecule has 17 heavy (non-hydrogen) atoms. The molecular formula is C14H15Cl2N. The quantitative estimate of drug-likeness (QED) is 0.688. The number of unbranched alkanes of at least 4 members (excludes halogenated alkanes) is 2. The van der Waals surface area contributed by atoms with Crippen LogP contribution >= 0.6 is 23.2 Å². The highest BCUT2D eigenvalue weighted by molar-refractivity contribution is 6.33. The summed E-state index contributed by atoms with van der Waals surface area (Å²) in [7, 11) is 0. The van der Waals surface area contributed by atoms with E-state index in [0.717, 1.165) is 34.3 Å². The smallest absolute Gasteiger partial charge is 0.0749 e. The summed E-state index contributed by atoms with van der Waals surface area (Å²) in [5.41, 5.74) is 2.13. The zero-order valence-corrected chi connectivity index (χ0v) is 11.4. The number of hydrogen-bond donors (Lipinski definition) is 0. The highest BCUT2D eigenvalue weighted by Crippen LogP contribution is 2.27. The molecule has 1 aromatic carbocycles. The first-order valence-corrected chi connectivity index (χ1v) is 6.70. The third-order valence-electron chi connectivity index (χ3n) is 2.90. The molecular weight excluding hydrogens is 253 g/mol. The molecule has 1 aromatic heterocycles. The first-order chi connectivity index (χ1) is 8.22. The summed E-state index contributed by atoms with van der Waals surface area (Å²) in [5.74, 6) is 0. The van der Waals surface area contributed by atoms with Gasteiger partial charge in [0.2, 0.25) is 0 Å². The number of aromatic nitrogens is 1. The van der Waals surface area contributed by atoms with Crippen LogP contribution in [0.15, 0.2) is 24.4 Å². The van der Waals surface area contributed by atoms with Crippen LogP contribution in [0.5, 0.6) is 0 Å². The summed E-state index contributed by atoms with van der Waals surface area (Å²) in [5, 5.41) is 2.54. The molecule has 2 aromatic rings. The minimum Gasteiger partial charge on any atom is -0.254 e. The Bertz CT molecular complexity index is 523. The van der Waals surface area contributed by atoms with Crippen LogP contribution in [0, 0.1) is 0 Å². The van der Waals surface area contributed by atoms with Gasteiger partial charge in [0.05, 0.1) is 10.5 Å². The molecule has 0 aliphatic rings. The monoisotopic (exact) mass is 267 g/mol. The van der Waals surface area contributed by atoms with Crippen LogP contribution in [-0.2, 0) is 6.42 Å². The molecule has 0 radical (unpaired) electrons. The van der Waals surface area contributed by atoms with Crippen LogP contribution in [0.2, 0.25) is 10.0 Å². The molecule has 1 nitrogen and oxygen atoms in total. The van der Waals surface area contributed by atoms with Crippen LogP contribution in [0.25, 0.3) is 10.9 Å². The second-order valence-electron chi connectivity index (χ2n) is 4.21. The topological polar surface area (TPSA) is 12.9 Å². The fourth-order valence-electron chi connectivity index (χ4n) is 2.00. The fourth-order valence-corrected chi connectivity index (χ4v) is 2.41. The zero-order chi connectivity index (χ0) is 12.3. The van der Waals surface area contributed by atoms with Gasteiger partial charge in [-0.3, -0.25) is 4.98 Å². The Morgan fingerprint density at radius 3 is 2.76 bits per heavy atom. The van der Waals surface area contributed by atoms with E-state index in [1.54, 1.807) is 6.20 Å². The van der Waals surface area contributed by atoms with Gasteiger partial charge in [-0.2, -0.15) is 0 Å². The molecule has 0 amide bonds. The van der Waals surface area contributed by atoms with Crippen molar-refractivity contribution in [1.82, 2.24) is 4.98 Å². The van der Waals surface area contributed by atoms with Crippen LogP contribution in [-0.4, -0.2) is 4.98 Å². The maximum atomic E-state index is 6.25. The molecule has 0 saturated heterocycles. The van der Waals surface area contributed by atoms with Gasteiger partial charge in [0, 0.05) is 16.6 Å². The number of halogens is 2. The highest BCUT2D eigenvalue weighted by Gasteiger charge is 2.07. The summed E-state index contributed by atoms with van der Waals surface area (Å²) >= 11 is 12.2. The molecule has 0 spiro atoms. The molecule has 90 valence electrons. The van der Waals surface area contributed by atoms with Crippen LogP contribution in [0.4, 0.5) is 0 Å². The molecule has 0 fully saturated rings. The van der Waals surface area contributed by atoms with E-state index in [-0.39, 0.29) is 0 Å². The second kappa shape index (κ2) is 5.70. The van der Waals surface area contributed by atoms with Crippen molar-refractivity contribution in [1.29, 1.82) is 0 Å². The Balaban J connectivity index is 2.41. The summed E-state index contributed by atoms with van der Waals surface area (Å²) < 4.78 is 0. The van der Waals surface area contributed by atoms with E-state index in [0.29, 0.717) is 5.02 Å². The minimum absolute atomic E-state index is 0.666. The molecule has 0 saturated carbocycles. The largest absolute Gasteiger partial charge is 0.254 e. The van der Waals surface area contributed by atoms with Crippen molar-refractivity contribution in [2.75, 3.05) is 0 Å². The molecule has 2 rings (SSSR count). The van der Waals surface area contributed by atoms with Crippen molar-refractivity contribution in [2.45, 2.75) is 32.6 Å². The molecule has 0 unspecified atom stereocenters. The summed E-state index contributed by atoms with van der Waals surface area (Å²) in [6.07, 6.45) is 6.25. The lowest BCUT2D eigenvalue weighted by molar-refractivity contribution is 0.719. The van der Waals surface area contributed by atoms with E-state index in [1.165, 1.54) is 12.8 Å². The Hall–Kier alpha value is -0.790. The normalized spacial score (nSPS) is 11.0. The number of benzene rings is 1. The number of pyridine rings is 1. The van der Waals surface area contributed by atoms with E-state index >= 15 is 0 Å². The first kappa shape index (κ1) is 12.7. The summed E-state index contributed by atoms with van der Waals surface area (Å²) in [6, 6.07) is 5.84. The second-order valence-corrected chi connectivity index (χ2v) is 5.05. The lowest BCUT2D eigenvalue weighted by Gasteiger charge is -2.08. The fraction of sp³-hybridized carbons (Fsp3) is 0.357. The number of aryl methyl sites for hydroxylation is 1. The van der Waals surface area contributed by atoms with Gasteiger partial charge in [0.1, 0.15) is 0 Å². The number of rotatable bonds is 4. The van der Waals surface area contributed by atoms with Crippen molar-refractivity contribution in [3.05, 3.63) is 40.0 Å². The predicted molar refractivity (Wildman–Crippen MR) is 75.0 cm³/mol. The van der Waals surface area contributed by atoms with Gasteiger partial charge in [0.15, 0.2) is 0 Å². The highest BCUT2D eigenvalue weighted by atomic mass is 35.5. The van der Waals surface area contributed by atoms with Gasteiger partial charge in [0.25, 0.3) is 0 Å². The van der Waals surface area contributed by atoms with Crippen molar-refractivity contribution in [2.24, 2.45) is 0 Å². The number of fused-ring (bicyclic) bond motifs is 1. The standard InChI is InChI=1S/C14H15Cl2N/c1-2-3-4-5-12-13(16)7-6-10-8-11(15)9-17-14(10)12/h6-9H,2-5H2,1H3. The molecule has 0 aliphatic carbocycles. The Labute approximate surface area is 112 Å². The average Bonchev–Trinajstić information content (AvgIpc) is 2.32. The van der Waals surface area contributed by atoms with Gasteiger partial charge >= 0.3 is 0 Å². The van der Waals surface area contributed by atoms with E-state index in [1.807, 2.05) is 18.2 Å². The minimum atomic E-state index is 0.666. The zero-order valence-electron chi connectivity index (χ0n) is 9.84. The van der Waals surface area contributed by atoms with E-state index in [9.17, 15) is 0 Å². The van der Waals surface area contributed by atoms with Crippen molar-refractivity contribution < 1.29 is 0 Å². The molecule has 0 bridgehead atoms. The van der Waals surface area contributed by atoms with Crippen LogP contribution < -0.4 is 0 Å². The van der Waals surface area contributed by atoms with Crippen molar-refractivity contribution >= 4 is 34.1 Å². The Kier molecular flexibility index (Phi) is 4.25. The van der Waals surface area contributed by atoms with Crippen molar-refractivity contribution in [3.63, 3.8) is 0 Å². The maximum Gasteiger partial charge on any atom is 0.0749 e. The van der Waals surface area contributed by atoms with Crippen molar-refractivity contribution in [3.8, 4) is 0 Å². The maximum absolute atomic E-state index is 6.25. The van der Waals surface area contributed by atoms with E-state index in [4.69, 9.17) is 23.2 Å². The lowest BCUT2D eigenvalue weighted by atomic mass is 10.0. The first-order valence-electron chi connectivity index (χ1n) is 5.95. The van der Waals surface area contributed by atoms with Crippen LogP contribution in [0.1, 0.15) is 31.7 Å². The molecule has 1 heterocycles. The lowest BCUT2D eigenvalue weighted by Crippen LogP contribution is -1.92. The van der Waals surface area contributed by atoms with Gasteiger partial charge in [-0.15, -0.1) is 0 Å². The van der Waals surface area contributed by atoms with Crippen LogP contribution in [0.3, 0.4) is 0 Å². The van der Waals surface area contributed by atoms with Gasteiger partial charge in [-0.05, 0) is 30.5 Å². The summed E-state index contributed by atoms with van der Waals surface area (Å²) in [6.45, 7) is 2.20. The number of nitrogens with zero attached hydrogens (tertiary/aromatic N) is 1. The van der Waals surface area contributed by atoms with Gasteiger partial charge < -0.3 is 0 Å². The molecule has 0 aliphatic heterocycles. The van der Waals surface area contributed by atoms with Gasteiger partial charge in [-0.1, -0.05) is 49.0 Å². The molecule has 0 N–H and O–H groups in total. The van der Waals surface area contributed by atoms with Gasteiger partial charge in [-0.25, -0.2) is 0 Å². The third kappa shape index (κ3) is 2.91. The predicted octanol–water partition coefficient (Wildman–Crippen LogP) is 5.27. The Morgan fingerprint density at radius 1 is 1.18 bits per heavy atom. The number of hydrogen-bond acceptors (Lipinski definition) is 1. The third-order valence-corrected chi connectivity index (χ3v) is 3.46. The average molecular weight is 268 g/mol. The van der Waals surface area contributed by atoms with E-state index in [2.05, 4.69) is 11.9 Å². The molecule has 0 atom stereocenters. The SMILES string of the molecule is CCCCCc1c(Cl)ccc2cc(Cl)cnc12.